The van der Waals surface area contributed by atoms with E-state index in [0.717, 1.165) is 22.9 Å². The Labute approximate surface area is 108 Å². The molecule has 1 atom stereocenters. The molecule has 2 rings (SSSR count). The molecule has 0 heterocycles. The van der Waals surface area contributed by atoms with Crippen molar-refractivity contribution >= 4 is 21.9 Å². The second-order valence-electron chi connectivity index (χ2n) is 4.30. The minimum atomic E-state index is -1.06. The fraction of sp³-hybridized carbons (Fsp3) is 0.417. The number of carboxylic acids is 1. The van der Waals surface area contributed by atoms with Crippen LogP contribution in [0.15, 0.2) is 16.6 Å². The van der Waals surface area contributed by atoms with E-state index in [0.29, 0.717) is 11.3 Å². The number of nitrogens with two attached hydrogens (primary N) is 1. The molecule has 1 aliphatic rings. The predicted octanol–water partition coefficient (Wildman–Crippen LogP) is 2.38. The fourth-order valence-corrected chi connectivity index (χ4v) is 2.28. The van der Waals surface area contributed by atoms with Gasteiger partial charge in [-0.2, -0.15) is 0 Å². The van der Waals surface area contributed by atoms with Crippen LogP contribution in [0.4, 0.5) is 0 Å². The SMILES string of the molecule is Cc1cc(Br)c(OC2CC2)c(C(N)C(=O)O)c1. The van der Waals surface area contributed by atoms with Crippen LogP contribution in [0.2, 0.25) is 0 Å². The first-order valence-corrected chi connectivity index (χ1v) is 6.23. The van der Waals surface area contributed by atoms with Gasteiger partial charge < -0.3 is 15.6 Å². The van der Waals surface area contributed by atoms with E-state index >= 15 is 0 Å². The van der Waals surface area contributed by atoms with Crippen molar-refractivity contribution in [3.63, 3.8) is 0 Å². The number of hydrogen-bond acceptors (Lipinski definition) is 3. The van der Waals surface area contributed by atoms with Gasteiger partial charge in [0.25, 0.3) is 0 Å². The predicted molar refractivity (Wildman–Crippen MR) is 67.1 cm³/mol. The molecule has 0 radical (unpaired) electrons. The van der Waals surface area contributed by atoms with E-state index in [2.05, 4.69) is 15.9 Å². The second kappa shape index (κ2) is 4.66. The van der Waals surface area contributed by atoms with E-state index in [1.165, 1.54) is 0 Å². The molecule has 3 N–H and O–H groups in total. The number of halogens is 1. The van der Waals surface area contributed by atoms with Gasteiger partial charge in [-0.05, 0) is 47.3 Å². The van der Waals surface area contributed by atoms with Gasteiger partial charge in [0.1, 0.15) is 11.8 Å². The Morgan fingerprint density at radius 1 is 1.59 bits per heavy atom. The van der Waals surface area contributed by atoms with Crippen molar-refractivity contribution in [1.82, 2.24) is 0 Å². The summed E-state index contributed by atoms with van der Waals surface area (Å²) in [6, 6.07) is 2.61. The highest BCUT2D eigenvalue weighted by atomic mass is 79.9. The van der Waals surface area contributed by atoms with Crippen molar-refractivity contribution in [2.45, 2.75) is 31.9 Å². The minimum absolute atomic E-state index is 0.203. The maximum absolute atomic E-state index is 11.0. The molecule has 0 aliphatic heterocycles. The molecule has 0 bridgehead atoms. The lowest BCUT2D eigenvalue weighted by Gasteiger charge is -2.16. The van der Waals surface area contributed by atoms with Crippen LogP contribution < -0.4 is 10.5 Å². The highest BCUT2D eigenvalue weighted by Crippen LogP contribution is 2.38. The fourth-order valence-electron chi connectivity index (χ4n) is 1.60. The number of hydrogen-bond donors (Lipinski definition) is 2. The van der Waals surface area contributed by atoms with Gasteiger partial charge in [0.15, 0.2) is 0 Å². The molecule has 5 heteroatoms. The van der Waals surface area contributed by atoms with Crippen LogP contribution in [0.25, 0.3) is 0 Å². The van der Waals surface area contributed by atoms with Crippen LogP contribution in [0.3, 0.4) is 0 Å². The molecule has 0 amide bonds. The van der Waals surface area contributed by atoms with E-state index in [1.54, 1.807) is 6.07 Å². The van der Waals surface area contributed by atoms with Crippen molar-refractivity contribution in [3.8, 4) is 5.75 Å². The number of carbonyl (C=O) groups is 1. The lowest BCUT2D eigenvalue weighted by atomic mass is 10.0. The highest BCUT2D eigenvalue weighted by Gasteiger charge is 2.28. The summed E-state index contributed by atoms with van der Waals surface area (Å²) >= 11 is 3.40. The van der Waals surface area contributed by atoms with Gasteiger partial charge in [0.2, 0.25) is 0 Å². The molecule has 17 heavy (non-hydrogen) atoms. The van der Waals surface area contributed by atoms with Gasteiger partial charge >= 0.3 is 5.97 Å². The zero-order chi connectivity index (χ0) is 12.6. The van der Waals surface area contributed by atoms with E-state index < -0.39 is 12.0 Å². The van der Waals surface area contributed by atoms with Crippen LogP contribution in [0.5, 0.6) is 5.75 Å². The van der Waals surface area contributed by atoms with Crippen LogP contribution in [-0.4, -0.2) is 17.2 Å². The summed E-state index contributed by atoms with van der Waals surface area (Å²) in [4.78, 5) is 11.0. The van der Waals surface area contributed by atoms with Crippen LogP contribution in [-0.2, 0) is 4.79 Å². The monoisotopic (exact) mass is 299 g/mol. The normalized spacial score (nSPS) is 16.6. The summed E-state index contributed by atoms with van der Waals surface area (Å²) in [6.45, 7) is 1.89. The van der Waals surface area contributed by atoms with Crippen LogP contribution in [0.1, 0.15) is 30.0 Å². The van der Waals surface area contributed by atoms with Gasteiger partial charge in [-0.1, -0.05) is 6.07 Å². The van der Waals surface area contributed by atoms with Crippen molar-refractivity contribution in [2.75, 3.05) is 0 Å². The zero-order valence-corrected chi connectivity index (χ0v) is 11.0. The quantitative estimate of drug-likeness (QED) is 0.895. The summed E-state index contributed by atoms with van der Waals surface area (Å²) in [5.74, 6) is -0.490. The molecule has 1 aromatic rings. The Balaban J connectivity index is 2.41. The Bertz CT molecular complexity index is 457. The van der Waals surface area contributed by atoms with Gasteiger partial charge in [0.05, 0.1) is 10.6 Å². The van der Waals surface area contributed by atoms with Gasteiger partial charge in [-0.3, -0.25) is 4.79 Å². The lowest BCUT2D eigenvalue weighted by molar-refractivity contribution is -0.138. The Morgan fingerprint density at radius 3 is 2.76 bits per heavy atom. The molecule has 1 aromatic carbocycles. The Hall–Kier alpha value is -1.07. The third-order valence-corrected chi connectivity index (χ3v) is 3.22. The highest BCUT2D eigenvalue weighted by molar-refractivity contribution is 9.10. The summed E-state index contributed by atoms with van der Waals surface area (Å²) in [5, 5.41) is 9.00. The maximum atomic E-state index is 11.0. The Morgan fingerprint density at radius 2 is 2.24 bits per heavy atom. The minimum Gasteiger partial charge on any atom is -0.489 e. The molecule has 1 fully saturated rings. The largest absolute Gasteiger partial charge is 0.489 e. The van der Waals surface area contributed by atoms with Gasteiger partial charge in [0, 0.05) is 5.56 Å². The average Bonchev–Trinajstić information content (AvgIpc) is 3.04. The number of carboxylic acid groups (broad SMARTS) is 1. The molecule has 1 aliphatic carbocycles. The molecule has 0 aromatic heterocycles. The number of ether oxygens (including phenoxy) is 1. The molecular weight excluding hydrogens is 286 g/mol. The molecule has 1 saturated carbocycles. The van der Waals surface area contributed by atoms with Gasteiger partial charge in [-0.15, -0.1) is 0 Å². The first-order valence-electron chi connectivity index (χ1n) is 5.44. The van der Waals surface area contributed by atoms with Crippen molar-refractivity contribution in [1.29, 1.82) is 0 Å². The van der Waals surface area contributed by atoms with Crippen molar-refractivity contribution in [3.05, 3.63) is 27.7 Å². The number of benzene rings is 1. The third kappa shape index (κ3) is 2.79. The molecular formula is C12H14BrNO3. The second-order valence-corrected chi connectivity index (χ2v) is 5.15. The smallest absolute Gasteiger partial charge is 0.325 e. The summed E-state index contributed by atoms with van der Waals surface area (Å²) < 4.78 is 6.48. The topological polar surface area (TPSA) is 72.5 Å². The van der Waals surface area contributed by atoms with Gasteiger partial charge in [-0.25, -0.2) is 0 Å². The first-order chi connectivity index (χ1) is 7.99. The standard InChI is InChI=1S/C12H14BrNO3/c1-6-4-8(10(14)12(15)16)11(9(13)5-6)17-7-2-3-7/h4-5,7,10H,2-3,14H2,1H3,(H,15,16). The summed E-state index contributed by atoms with van der Waals surface area (Å²) in [7, 11) is 0. The molecule has 1 unspecified atom stereocenters. The number of rotatable bonds is 4. The van der Waals surface area contributed by atoms with Crippen LogP contribution >= 0.6 is 15.9 Å². The van der Waals surface area contributed by atoms with Crippen molar-refractivity contribution < 1.29 is 14.6 Å². The van der Waals surface area contributed by atoms with Crippen molar-refractivity contribution in [2.24, 2.45) is 5.73 Å². The maximum Gasteiger partial charge on any atom is 0.325 e. The van der Waals surface area contributed by atoms with E-state index in [4.69, 9.17) is 15.6 Å². The third-order valence-electron chi connectivity index (χ3n) is 2.63. The zero-order valence-electron chi connectivity index (χ0n) is 9.44. The van der Waals surface area contributed by atoms with E-state index in [9.17, 15) is 4.79 Å². The molecule has 0 spiro atoms. The average molecular weight is 300 g/mol. The molecule has 92 valence electrons. The van der Waals surface area contributed by atoms with E-state index in [1.807, 2.05) is 13.0 Å². The first kappa shape index (κ1) is 12.4. The van der Waals surface area contributed by atoms with Crippen LogP contribution in [0, 0.1) is 6.92 Å². The lowest BCUT2D eigenvalue weighted by Crippen LogP contribution is -2.22. The van der Waals surface area contributed by atoms with E-state index in [-0.39, 0.29) is 6.10 Å². The summed E-state index contributed by atoms with van der Waals surface area (Å²) in [5.41, 5.74) is 7.15. The summed E-state index contributed by atoms with van der Waals surface area (Å²) in [6.07, 6.45) is 2.23. The number of aryl methyl sites for hydroxylation is 1. The molecule has 0 saturated heterocycles. The Kier molecular flexibility index (Phi) is 3.40. The molecule has 4 nitrogen and oxygen atoms in total. The number of aliphatic carboxylic acids is 1.